The van der Waals surface area contributed by atoms with Crippen molar-refractivity contribution in [1.29, 1.82) is 0 Å². The van der Waals surface area contributed by atoms with Crippen molar-refractivity contribution >= 4 is 33.2 Å². The number of nitrogens with zero attached hydrogens (tertiary/aromatic N) is 1. The highest BCUT2D eigenvalue weighted by molar-refractivity contribution is 9.10. The van der Waals surface area contributed by atoms with Gasteiger partial charge in [-0.1, -0.05) is 27.5 Å². The Morgan fingerprint density at radius 3 is 2.94 bits per heavy atom. The first-order chi connectivity index (χ1) is 8.69. The summed E-state index contributed by atoms with van der Waals surface area (Å²) in [5, 5.41) is 3.64. The minimum absolute atomic E-state index is 0.381. The maximum atomic E-state index is 6.04. The van der Waals surface area contributed by atoms with Crippen molar-refractivity contribution in [3.05, 3.63) is 51.7 Å². The van der Waals surface area contributed by atoms with E-state index in [-0.39, 0.29) is 0 Å². The van der Waals surface area contributed by atoms with E-state index in [1.165, 1.54) is 0 Å². The normalized spacial score (nSPS) is 10.2. The zero-order valence-corrected chi connectivity index (χ0v) is 12.1. The van der Waals surface area contributed by atoms with Gasteiger partial charge in [-0.3, -0.25) is 4.98 Å². The van der Waals surface area contributed by atoms with Gasteiger partial charge in [-0.2, -0.15) is 0 Å². The molecule has 0 amide bonds. The summed E-state index contributed by atoms with van der Waals surface area (Å²) in [5.74, 6) is 0.641. The van der Waals surface area contributed by atoms with Gasteiger partial charge in [0.1, 0.15) is 12.4 Å². The number of anilines is 1. The summed E-state index contributed by atoms with van der Waals surface area (Å²) in [4.78, 5) is 4.23. The first-order valence-corrected chi connectivity index (χ1v) is 6.56. The molecule has 0 saturated heterocycles. The Morgan fingerprint density at radius 2 is 2.17 bits per heavy atom. The van der Waals surface area contributed by atoms with Crippen molar-refractivity contribution in [3.8, 4) is 5.75 Å². The zero-order valence-electron chi connectivity index (χ0n) is 9.78. The van der Waals surface area contributed by atoms with E-state index in [2.05, 4.69) is 26.2 Å². The fraction of sp³-hybridized carbons (Fsp3) is 0.154. The van der Waals surface area contributed by atoms with Crippen LogP contribution in [0.15, 0.2) is 41.0 Å². The summed E-state index contributed by atoms with van der Waals surface area (Å²) in [6, 6.07) is 9.33. The Morgan fingerprint density at radius 1 is 1.33 bits per heavy atom. The molecule has 2 rings (SSSR count). The summed E-state index contributed by atoms with van der Waals surface area (Å²) in [6.45, 7) is 0.381. The van der Waals surface area contributed by atoms with Crippen molar-refractivity contribution < 1.29 is 4.74 Å². The van der Waals surface area contributed by atoms with E-state index in [1.807, 2.05) is 31.3 Å². The lowest BCUT2D eigenvalue weighted by Gasteiger charge is -2.09. The molecule has 5 heteroatoms. The molecule has 3 nitrogen and oxygen atoms in total. The molecular weight excluding hydrogens is 316 g/mol. The fourth-order valence-electron chi connectivity index (χ4n) is 1.45. The van der Waals surface area contributed by atoms with Gasteiger partial charge in [0.25, 0.3) is 0 Å². The molecule has 0 radical (unpaired) electrons. The highest BCUT2D eigenvalue weighted by Gasteiger charge is 2.04. The molecule has 2 aromatic rings. The van der Waals surface area contributed by atoms with Crippen LogP contribution in [0.25, 0.3) is 0 Å². The van der Waals surface area contributed by atoms with Crippen molar-refractivity contribution in [3.63, 3.8) is 0 Å². The van der Waals surface area contributed by atoms with Crippen LogP contribution in [0.1, 0.15) is 5.69 Å². The molecule has 1 N–H and O–H groups in total. The molecule has 0 unspecified atom stereocenters. The molecule has 0 saturated carbocycles. The van der Waals surface area contributed by atoms with Crippen LogP contribution in [0.2, 0.25) is 5.02 Å². The Bertz CT molecular complexity index is 548. The predicted molar refractivity (Wildman–Crippen MR) is 77.3 cm³/mol. The molecule has 0 spiro atoms. The summed E-state index contributed by atoms with van der Waals surface area (Å²) < 4.78 is 6.58. The number of nitrogens with one attached hydrogen (secondary N) is 1. The molecule has 0 bridgehead atoms. The molecule has 1 aromatic heterocycles. The average Bonchev–Trinajstić information content (AvgIpc) is 2.40. The van der Waals surface area contributed by atoms with Gasteiger partial charge in [0.05, 0.1) is 10.7 Å². The van der Waals surface area contributed by atoms with E-state index < -0.39 is 0 Å². The SMILES string of the molecule is CNc1ccnc(COc2cc(Br)ccc2Cl)c1. The van der Waals surface area contributed by atoms with Crippen molar-refractivity contribution in [1.82, 2.24) is 4.98 Å². The smallest absolute Gasteiger partial charge is 0.139 e. The zero-order chi connectivity index (χ0) is 13.0. The third-order valence-electron chi connectivity index (χ3n) is 2.37. The number of hydrogen-bond acceptors (Lipinski definition) is 3. The van der Waals surface area contributed by atoms with Crippen LogP contribution < -0.4 is 10.1 Å². The third kappa shape index (κ3) is 3.37. The summed E-state index contributed by atoms with van der Waals surface area (Å²) in [5.41, 5.74) is 1.85. The second-order valence-electron chi connectivity index (χ2n) is 3.65. The Hall–Kier alpha value is -1.26. The molecule has 18 heavy (non-hydrogen) atoms. The Balaban J connectivity index is 2.08. The summed E-state index contributed by atoms with van der Waals surface area (Å²) in [6.07, 6.45) is 1.74. The van der Waals surface area contributed by atoms with Crippen molar-refractivity contribution in [2.75, 3.05) is 12.4 Å². The van der Waals surface area contributed by atoms with E-state index in [1.54, 1.807) is 12.3 Å². The van der Waals surface area contributed by atoms with Crippen LogP contribution >= 0.6 is 27.5 Å². The minimum atomic E-state index is 0.381. The number of hydrogen-bond donors (Lipinski definition) is 1. The molecule has 0 atom stereocenters. The lowest BCUT2D eigenvalue weighted by Crippen LogP contribution is -2.00. The van der Waals surface area contributed by atoms with Gasteiger partial charge >= 0.3 is 0 Å². The van der Waals surface area contributed by atoms with Gasteiger partial charge in [-0.05, 0) is 30.3 Å². The van der Waals surface area contributed by atoms with Crippen LogP contribution in [0.5, 0.6) is 5.75 Å². The molecule has 0 aliphatic rings. The van der Waals surface area contributed by atoms with Gasteiger partial charge in [0, 0.05) is 23.4 Å². The highest BCUT2D eigenvalue weighted by atomic mass is 79.9. The molecule has 0 aliphatic carbocycles. The number of benzene rings is 1. The van der Waals surface area contributed by atoms with Gasteiger partial charge < -0.3 is 10.1 Å². The van der Waals surface area contributed by atoms with Crippen LogP contribution in [-0.2, 0) is 6.61 Å². The van der Waals surface area contributed by atoms with E-state index >= 15 is 0 Å². The first kappa shape index (κ1) is 13.2. The Labute approximate surface area is 119 Å². The topological polar surface area (TPSA) is 34.2 Å². The molecule has 94 valence electrons. The number of ether oxygens (including phenoxy) is 1. The van der Waals surface area contributed by atoms with Crippen molar-refractivity contribution in [2.45, 2.75) is 6.61 Å². The minimum Gasteiger partial charge on any atom is -0.486 e. The average molecular weight is 328 g/mol. The molecule has 1 aromatic carbocycles. The maximum Gasteiger partial charge on any atom is 0.139 e. The van der Waals surface area contributed by atoms with Gasteiger partial charge in [-0.25, -0.2) is 0 Å². The van der Waals surface area contributed by atoms with E-state index in [4.69, 9.17) is 16.3 Å². The monoisotopic (exact) mass is 326 g/mol. The predicted octanol–water partition coefficient (Wildman–Crippen LogP) is 4.12. The highest BCUT2D eigenvalue weighted by Crippen LogP contribution is 2.28. The molecule has 0 fully saturated rings. The number of halogens is 2. The second kappa shape index (κ2) is 6.07. The first-order valence-electron chi connectivity index (χ1n) is 5.39. The number of aromatic nitrogens is 1. The van der Waals surface area contributed by atoms with E-state index in [0.717, 1.165) is 15.9 Å². The maximum absolute atomic E-state index is 6.04. The Kier molecular flexibility index (Phi) is 4.44. The standard InChI is InChI=1S/C13H12BrClN2O/c1-16-10-4-5-17-11(7-10)8-18-13-6-9(14)2-3-12(13)15/h2-7H,8H2,1H3,(H,16,17). The second-order valence-corrected chi connectivity index (χ2v) is 4.97. The van der Waals surface area contributed by atoms with Gasteiger partial charge in [0.15, 0.2) is 0 Å². The fourth-order valence-corrected chi connectivity index (χ4v) is 1.96. The van der Waals surface area contributed by atoms with E-state index in [0.29, 0.717) is 17.4 Å². The van der Waals surface area contributed by atoms with Crippen LogP contribution in [0, 0.1) is 0 Å². The lowest BCUT2D eigenvalue weighted by molar-refractivity contribution is 0.301. The molecule has 1 heterocycles. The molecular formula is C13H12BrClN2O. The van der Waals surface area contributed by atoms with E-state index in [9.17, 15) is 0 Å². The van der Waals surface area contributed by atoms with Gasteiger partial charge in [0.2, 0.25) is 0 Å². The van der Waals surface area contributed by atoms with Crippen LogP contribution in [0.3, 0.4) is 0 Å². The summed E-state index contributed by atoms with van der Waals surface area (Å²) >= 11 is 9.42. The molecule has 0 aliphatic heterocycles. The quantitative estimate of drug-likeness (QED) is 0.917. The summed E-state index contributed by atoms with van der Waals surface area (Å²) in [7, 11) is 1.87. The van der Waals surface area contributed by atoms with Gasteiger partial charge in [-0.15, -0.1) is 0 Å². The number of rotatable bonds is 4. The lowest BCUT2D eigenvalue weighted by atomic mass is 10.3. The van der Waals surface area contributed by atoms with Crippen molar-refractivity contribution in [2.24, 2.45) is 0 Å². The van der Waals surface area contributed by atoms with Crippen LogP contribution in [-0.4, -0.2) is 12.0 Å². The largest absolute Gasteiger partial charge is 0.486 e. The number of pyridine rings is 1. The van der Waals surface area contributed by atoms with Crippen LogP contribution in [0.4, 0.5) is 5.69 Å². The third-order valence-corrected chi connectivity index (χ3v) is 3.18.